The number of amides is 2. The Morgan fingerprint density at radius 2 is 2.16 bits per heavy atom. The molecule has 1 aromatic heterocycles. The number of nitrogens with zero attached hydrogens (tertiary/aromatic N) is 1. The van der Waals surface area contributed by atoms with E-state index in [0.717, 1.165) is 10.6 Å². The zero-order valence-electron chi connectivity index (χ0n) is 11.5. The molecule has 0 aliphatic carbocycles. The number of thioether (sulfide) groups is 1. The van der Waals surface area contributed by atoms with Crippen LogP contribution in [0, 0.1) is 0 Å². The van der Waals surface area contributed by atoms with Gasteiger partial charge in [0.1, 0.15) is 5.60 Å². The van der Waals surface area contributed by atoms with Gasteiger partial charge >= 0.3 is 6.09 Å². The predicted octanol–water partition coefficient (Wildman–Crippen LogP) is 3.68. The Kier molecular flexibility index (Phi) is 3.92. The Balaban J connectivity index is 2.32. The molecule has 4 nitrogen and oxygen atoms in total. The number of aryl methyl sites for hydroxylation is 1. The van der Waals surface area contributed by atoms with Gasteiger partial charge in [0.15, 0.2) is 0 Å². The summed E-state index contributed by atoms with van der Waals surface area (Å²) in [6, 6.07) is 1.91. The third kappa shape index (κ3) is 3.12. The lowest BCUT2D eigenvalue weighted by molar-refractivity contribution is -0.116. The van der Waals surface area contributed by atoms with Gasteiger partial charge in [0.25, 0.3) is 0 Å². The molecule has 0 N–H and O–H groups in total. The van der Waals surface area contributed by atoms with Crippen molar-refractivity contribution in [2.24, 2.45) is 0 Å². The van der Waals surface area contributed by atoms with Crippen molar-refractivity contribution in [2.75, 3.05) is 10.7 Å². The van der Waals surface area contributed by atoms with Gasteiger partial charge in [0.05, 0.1) is 15.6 Å². The van der Waals surface area contributed by atoms with Gasteiger partial charge in [-0.1, -0.05) is 6.92 Å². The lowest BCUT2D eigenvalue weighted by Crippen LogP contribution is -2.43. The van der Waals surface area contributed by atoms with E-state index in [-0.39, 0.29) is 11.7 Å². The lowest BCUT2D eigenvalue weighted by Gasteiger charge is -2.28. The fraction of sp³-hybridized carbons (Fsp3) is 0.538. The Morgan fingerprint density at radius 3 is 2.74 bits per heavy atom. The van der Waals surface area contributed by atoms with Gasteiger partial charge in [-0.3, -0.25) is 4.79 Å². The monoisotopic (exact) mass is 299 g/mol. The largest absolute Gasteiger partial charge is 0.443 e. The Morgan fingerprint density at radius 1 is 1.47 bits per heavy atom. The Hall–Kier alpha value is -1.01. The van der Waals surface area contributed by atoms with E-state index in [1.807, 2.05) is 6.07 Å². The number of ether oxygens (including phenoxy) is 1. The van der Waals surface area contributed by atoms with Gasteiger partial charge in [-0.05, 0) is 33.3 Å². The molecule has 0 atom stereocenters. The van der Waals surface area contributed by atoms with Gasteiger partial charge in [-0.25, -0.2) is 9.69 Å². The van der Waals surface area contributed by atoms with Gasteiger partial charge in [-0.2, -0.15) is 0 Å². The highest BCUT2D eigenvalue weighted by Crippen LogP contribution is 2.42. The van der Waals surface area contributed by atoms with E-state index in [0.29, 0.717) is 5.69 Å². The van der Waals surface area contributed by atoms with Crippen molar-refractivity contribution in [1.82, 2.24) is 0 Å². The van der Waals surface area contributed by atoms with Crippen LogP contribution in [0.5, 0.6) is 0 Å². The molecule has 2 rings (SSSR count). The number of hydrogen-bond donors (Lipinski definition) is 0. The van der Waals surface area contributed by atoms with Gasteiger partial charge in [0, 0.05) is 4.88 Å². The van der Waals surface area contributed by atoms with E-state index >= 15 is 0 Å². The highest BCUT2D eigenvalue weighted by Gasteiger charge is 2.34. The maximum atomic E-state index is 12.2. The molecule has 2 heterocycles. The molecule has 0 aromatic carbocycles. The van der Waals surface area contributed by atoms with Crippen molar-refractivity contribution in [1.29, 1.82) is 0 Å². The highest BCUT2D eigenvalue weighted by atomic mass is 32.2. The molecule has 1 aromatic rings. The van der Waals surface area contributed by atoms with Crippen LogP contribution in [0.2, 0.25) is 0 Å². The summed E-state index contributed by atoms with van der Waals surface area (Å²) in [7, 11) is 0. The van der Waals surface area contributed by atoms with Gasteiger partial charge in [-0.15, -0.1) is 23.1 Å². The van der Waals surface area contributed by atoms with E-state index in [1.54, 1.807) is 32.1 Å². The summed E-state index contributed by atoms with van der Waals surface area (Å²) in [4.78, 5) is 26.5. The second-order valence-corrected chi connectivity index (χ2v) is 7.62. The smallest absolute Gasteiger partial charge is 0.421 e. The topological polar surface area (TPSA) is 46.6 Å². The molecule has 0 unspecified atom stereocenters. The quantitative estimate of drug-likeness (QED) is 0.793. The van der Waals surface area contributed by atoms with Gasteiger partial charge < -0.3 is 4.74 Å². The van der Waals surface area contributed by atoms with Crippen molar-refractivity contribution in [3.63, 3.8) is 0 Å². The van der Waals surface area contributed by atoms with Crippen LogP contribution >= 0.6 is 23.1 Å². The molecule has 104 valence electrons. The molecule has 0 spiro atoms. The first-order valence-electron chi connectivity index (χ1n) is 6.13. The fourth-order valence-electron chi connectivity index (χ4n) is 1.68. The number of imide groups is 1. The highest BCUT2D eigenvalue weighted by molar-refractivity contribution is 8.02. The summed E-state index contributed by atoms with van der Waals surface area (Å²) in [6.07, 6.45) is 0.314. The first kappa shape index (κ1) is 14.4. The number of carbonyl (C=O) groups is 2. The normalized spacial score (nSPS) is 15.4. The number of anilines is 1. The third-order valence-electron chi connectivity index (χ3n) is 2.47. The summed E-state index contributed by atoms with van der Waals surface area (Å²) in [5.41, 5.74) is 0.0727. The Bertz CT molecular complexity index is 516. The second kappa shape index (κ2) is 5.17. The first-order chi connectivity index (χ1) is 8.81. The molecular weight excluding hydrogens is 282 g/mol. The van der Waals surface area contributed by atoms with Crippen molar-refractivity contribution in [3.05, 3.63) is 10.9 Å². The minimum Gasteiger partial charge on any atom is -0.443 e. The van der Waals surface area contributed by atoms with Crippen LogP contribution in [0.4, 0.5) is 10.5 Å². The number of hydrogen-bond acceptors (Lipinski definition) is 5. The average Bonchev–Trinajstić information content (AvgIpc) is 2.68. The zero-order valence-corrected chi connectivity index (χ0v) is 13.1. The second-order valence-electron chi connectivity index (χ2n) is 5.24. The van der Waals surface area contributed by atoms with E-state index in [4.69, 9.17) is 4.74 Å². The molecule has 0 saturated heterocycles. The van der Waals surface area contributed by atoms with Crippen LogP contribution in [0.1, 0.15) is 32.6 Å². The SMILES string of the molecule is CCc1cc2c(s1)SCC(=O)N2C(=O)OC(C)(C)C. The van der Waals surface area contributed by atoms with E-state index in [1.165, 1.54) is 21.5 Å². The summed E-state index contributed by atoms with van der Waals surface area (Å²) in [5, 5.41) is 0. The van der Waals surface area contributed by atoms with Crippen LogP contribution in [0.25, 0.3) is 0 Å². The fourth-order valence-corrected chi connectivity index (χ4v) is 3.90. The molecule has 6 heteroatoms. The molecule has 2 amide bonds. The lowest BCUT2D eigenvalue weighted by atomic mass is 10.2. The zero-order chi connectivity index (χ0) is 14.2. The third-order valence-corrected chi connectivity index (χ3v) is 5.00. The first-order valence-corrected chi connectivity index (χ1v) is 7.93. The summed E-state index contributed by atoms with van der Waals surface area (Å²) in [6.45, 7) is 7.43. The van der Waals surface area contributed by atoms with Crippen LogP contribution in [0.3, 0.4) is 0 Å². The van der Waals surface area contributed by atoms with Crippen LogP contribution in [-0.4, -0.2) is 23.4 Å². The maximum absolute atomic E-state index is 12.2. The van der Waals surface area contributed by atoms with E-state index in [9.17, 15) is 9.59 Å². The average molecular weight is 299 g/mol. The number of rotatable bonds is 1. The summed E-state index contributed by atoms with van der Waals surface area (Å²) >= 11 is 3.13. The van der Waals surface area contributed by atoms with Crippen LogP contribution in [0.15, 0.2) is 10.3 Å². The molecule has 1 aliphatic heterocycles. The van der Waals surface area contributed by atoms with Crippen LogP contribution < -0.4 is 4.90 Å². The van der Waals surface area contributed by atoms with E-state index in [2.05, 4.69) is 6.92 Å². The maximum Gasteiger partial charge on any atom is 0.421 e. The summed E-state index contributed by atoms with van der Waals surface area (Å²) < 4.78 is 6.32. The minimum absolute atomic E-state index is 0.216. The Labute approximate surface area is 121 Å². The standard InChI is InChI=1S/C13H17NO3S2/c1-5-8-6-9-11(19-8)18-7-10(15)14(9)12(16)17-13(2,3)4/h6H,5,7H2,1-4H3. The molecule has 19 heavy (non-hydrogen) atoms. The number of fused-ring (bicyclic) bond motifs is 1. The molecule has 0 radical (unpaired) electrons. The summed E-state index contributed by atoms with van der Waals surface area (Å²) in [5.74, 6) is 0.0721. The number of thiophene rings is 1. The van der Waals surface area contributed by atoms with Crippen molar-refractivity contribution < 1.29 is 14.3 Å². The molecular formula is C13H17NO3S2. The van der Waals surface area contributed by atoms with Crippen molar-refractivity contribution >= 4 is 40.8 Å². The minimum atomic E-state index is -0.605. The molecule has 0 bridgehead atoms. The van der Waals surface area contributed by atoms with Crippen molar-refractivity contribution in [3.8, 4) is 0 Å². The molecule has 0 saturated carbocycles. The van der Waals surface area contributed by atoms with Crippen molar-refractivity contribution in [2.45, 2.75) is 43.9 Å². The number of carbonyl (C=O) groups excluding carboxylic acids is 2. The van der Waals surface area contributed by atoms with Crippen LogP contribution in [-0.2, 0) is 16.0 Å². The molecule has 1 aliphatic rings. The van der Waals surface area contributed by atoms with Gasteiger partial charge in [0.2, 0.25) is 5.91 Å². The molecule has 0 fully saturated rings. The van der Waals surface area contributed by atoms with E-state index < -0.39 is 11.7 Å². The predicted molar refractivity (Wildman–Crippen MR) is 78.1 cm³/mol.